The lowest BCUT2D eigenvalue weighted by Gasteiger charge is -2.19. The molecule has 1 atom stereocenters. The van der Waals surface area contributed by atoms with Crippen LogP contribution in [-0.4, -0.2) is 23.8 Å². The molecule has 1 aromatic heterocycles. The molecule has 0 saturated carbocycles. The van der Waals surface area contributed by atoms with Crippen LogP contribution in [0.15, 0.2) is 65.8 Å². The van der Waals surface area contributed by atoms with E-state index in [0.29, 0.717) is 49.2 Å². The number of halogens is 2. The monoisotopic (exact) mass is 645 g/mol. The molecule has 6 heteroatoms. The number of aromatic nitrogens is 1. The first-order chi connectivity index (χ1) is 22.1. The zero-order valence-electron chi connectivity index (χ0n) is 28.6. The molecule has 1 unspecified atom stereocenters. The number of carbonyl (C=O) groups excluding carboxylic acids is 1. The summed E-state index contributed by atoms with van der Waals surface area (Å²) in [5.74, 6) is 0.649. The maximum atomic E-state index is 13.9. The van der Waals surface area contributed by atoms with E-state index in [1.165, 1.54) is 23.3 Å². The molecule has 4 nitrogen and oxygen atoms in total. The van der Waals surface area contributed by atoms with Crippen LogP contribution >= 0.6 is 11.6 Å². The first-order valence-corrected chi connectivity index (χ1v) is 17.2. The van der Waals surface area contributed by atoms with Crippen LogP contribution in [0.5, 0.6) is 5.75 Å². The molecular weight excluding hydrogens is 597 g/mol. The first-order valence-electron chi connectivity index (χ1n) is 16.8. The van der Waals surface area contributed by atoms with Gasteiger partial charge in [-0.15, -0.1) is 0 Å². The molecule has 0 radical (unpaired) electrons. The Morgan fingerprint density at radius 1 is 1.02 bits per heavy atom. The normalized spacial score (nSPS) is 12.5. The quantitative estimate of drug-likeness (QED) is 0.0733. The van der Waals surface area contributed by atoms with Gasteiger partial charge in [0.25, 0.3) is 0 Å². The summed E-state index contributed by atoms with van der Waals surface area (Å²) in [5.41, 5.74) is 7.01. The Morgan fingerprint density at radius 3 is 2.48 bits per heavy atom. The molecule has 0 bridgehead atoms. The van der Waals surface area contributed by atoms with Gasteiger partial charge in [-0.3, -0.25) is 0 Å². The van der Waals surface area contributed by atoms with Crippen molar-refractivity contribution >= 4 is 44.8 Å². The van der Waals surface area contributed by atoms with Gasteiger partial charge in [0.1, 0.15) is 17.3 Å². The zero-order valence-corrected chi connectivity index (χ0v) is 29.3. The van der Waals surface area contributed by atoms with Crippen molar-refractivity contribution in [3.05, 3.63) is 93.4 Å². The molecule has 4 rings (SSSR count). The average molecular weight is 646 g/mol. The molecule has 0 aliphatic heterocycles. The molecule has 46 heavy (non-hydrogen) atoms. The number of benzene rings is 3. The predicted octanol–water partition coefficient (Wildman–Crippen LogP) is 11.8. The summed E-state index contributed by atoms with van der Waals surface area (Å²) in [6, 6.07) is 14.4. The molecule has 3 aromatic carbocycles. The largest absolute Gasteiger partial charge is 0.493 e. The van der Waals surface area contributed by atoms with Gasteiger partial charge in [0, 0.05) is 22.9 Å². The van der Waals surface area contributed by atoms with E-state index in [1.54, 1.807) is 6.07 Å². The van der Waals surface area contributed by atoms with E-state index in [1.807, 2.05) is 31.2 Å². The van der Waals surface area contributed by atoms with Gasteiger partial charge in [-0.05, 0) is 111 Å². The van der Waals surface area contributed by atoms with Crippen molar-refractivity contribution in [2.45, 2.75) is 93.5 Å². The molecule has 1 heterocycles. The first kappa shape index (κ1) is 35.3. The standard InChI is InChI=1S/C40H49ClFNO3/c1-8-13-28(7)36(26(4)5)37-34(41)20-19-33-32(15-12-24-45-35-16-11-14-29-25-30(42)17-18-31(29)35)39(40(44)46-23-9-2)43(38(33)37)22-21-27(6)10-3/h11,13-14,16-20,25,27H,8-10,12,15,21-24H2,1-7H3/b28-13-. The minimum atomic E-state index is -0.296. The van der Waals surface area contributed by atoms with E-state index in [-0.39, 0.29) is 11.8 Å². The van der Waals surface area contributed by atoms with Crippen LogP contribution in [0.1, 0.15) is 102 Å². The lowest BCUT2D eigenvalue weighted by molar-refractivity contribution is 0.0491. The second kappa shape index (κ2) is 16.3. The number of esters is 1. The minimum absolute atomic E-state index is 0.270. The Labute approximate surface area is 279 Å². The van der Waals surface area contributed by atoms with Gasteiger partial charge in [0.05, 0.1) is 23.8 Å². The topological polar surface area (TPSA) is 40.5 Å². The van der Waals surface area contributed by atoms with Crippen LogP contribution in [0.2, 0.25) is 5.02 Å². The molecule has 0 spiro atoms. The number of rotatable bonds is 15. The summed E-state index contributed by atoms with van der Waals surface area (Å²) in [5, 5.41) is 3.37. The average Bonchev–Trinajstić information content (AvgIpc) is 3.34. The third-order valence-electron chi connectivity index (χ3n) is 8.74. The Balaban J connectivity index is 1.85. The smallest absolute Gasteiger partial charge is 0.355 e. The molecule has 246 valence electrons. The van der Waals surface area contributed by atoms with Crippen molar-refractivity contribution in [2.75, 3.05) is 13.2 Å². The third-order valence-corrected chi connectivity index (χ3v) is 9.05. The molecule has 0 N–H and O–H groups in total. The Hall–Kier alpha value is -3.57. The summed E-state index contributed by atoms with van der Waals surface area (Å²) >= 11 is 7.09. The summed E-state index contributed by atoms with van der Waals surface area (Å²) in [4.78, 5) is 13.9. The van der Waals surface area contributed by atoms with Gasteiger partial charge in [0.2, 0.25) is 0 Å². The van der Waals surface area contributed by atoms with Crippen molar-refractivity contribution in [1.29, 1.82) is 0 Å². The van der Waals surface area contributed by atoms with Crippen molar-refractivity contribution in [2.24, 2.45) is 5.92 Å². The number of nitrogens with zero attached hydrogens (tertiary/aromatic N) is 1. The molecule has 0 aliphatic carbocycles. The third kappa shape index (κ3) is 7.86. The lowest BCUT2D eigenvalue weighted by Crippen LogP contribution is -2.16. The lowest BCUT2D eigenvalue weighted by atomic mass is 9.91. The van der Waals surface area contributed by atoms with Gasteiger partial charge in [0.15, 0.2) is 0 Å². The maximum absolute atomic E-state index is 13.9. The van der Waals surface area contributed by atoms with Gasteiger partial charge in [-0.2, -0.15) is 0 Å². The van der Waals surface area contributed by atoms with Crippen molar-refractivity contribution in [3.63, 3.8) is 0 Å². The number of hydrogen-bond acceptors (Lipinski definition) is 3. The SMILES string of the molecule is CC/C=C(/C)C(=C(C)C)c1c(Cl)ccc2c(CCCOc3cccc4cc(F)ccc34)c(C(=O)OCCC)n(CCC(C)CC)c12. The minimum Gasteiger partial charge on any atom is -0.493 e. The van der Waals surface area contributed by atoms with Crippen LogP contribution in [0.4, 0.5) is 4.39 Å². The number of fused-ring (bicyclic) bond motifs is 2. The summed E-state index contributed by atoms with van der Waals surface area (Å²) in [7, 11) is 0. The summed E-state index contributed by atoms with van der Waals surface area (Å²) in [6.07, 6.45) is 7.19. The maximum Gasteiger partial charge on any atom is 0.355 e. The molecular formula is C40H49ClFNO3. The Morgan fingerprint density at radius 2 is 1.78 bits per heavy atom. The van der Waals surface area contributed by atoms with Gasteiger partial charge in [-0.1, -0.05) is 75.6 Å². The van der Waals surface area contributed by atoms with Crippen LogP contribution in [-0.2, 0) is 17.7 Å². The fourth-order valence-corrected chi connectivity index (χ4v) is 6.54. The fraction of sp³-hybridized carbons (Fsp3) is 0.425. The molecule has 0 saturated heterocycles. The second-order valence-electron chi connectivity index (χ2n) is 12.5. The molecule has 0 aliphatic rings. The number of hydrogen-bond donors (Lipinski definition) is 0. The van der Waals surface area contributed by atoms with Crippen LogP contribution in [0, 0.1) is 11.7 Å². The number of ether oxygens (including phenoxy) is 2. The zero-order chi connectivity index (χ0) is 33.4. The highest BCUT2D eigenvalue weighted by Crippen LogP contribution is 2.41. The second-order valence-corrected chi connectivity index (χ2v) is 12.9. The van der Waals surface area contributed by atoms with E-state index in [2.05, 4.69) is 58.3 Å². The molecule has 0 amide bonds. The van der Waals surface area contributed by atoms with Gasteiger partial charge in [-0.25, -0.2) is 9.18 Å². The number of allylic oxidation sites excluding steroid dienone is 4. The van der Waals surface area contributed by atoms with Gasteiger partial charge >= 0.3 is 5.97 Å². The van der Waals surface area contributed by atoms with Crippen molar-refractivity contribution < 1.29 is 18.7 Å². The summed E-state index contributed by atoms with van der Waals surface area (Å²) in [6.45, 7) is 16.5. The van der Waals surface area contributed by atoms with Crippen LogP contribution in [0.25, 0.3) is 27.2 Å². The van der Waals surface area contributed by atoms with Gasteiger partial charge < -0.3 is 14.0 Å². The Kier molecular flexibility index (Phi) is 12.5. The highest BCUT2D eigenvalue weighted by Gasteiger charge is 2.28. The predicted molar refractivity (Wildman–Crippen MR) is 192 cm³/mol. The molecule has 0 fully saturated rings. The fourth-order valence-electron chi connectivity index (χ4n) is 6.29. The number of aryl methyl sites for hydroxylation is 2. The Bertz CT molecular complexity index is 1740. The highest BCUT2D eigenvalue weighted by molar-refractivity contribution is 6.34. The highest BCUT2D eigenvalue weighted by atomic mass is 35.5. The van der Waals surface area contributed by atoms with E-state index in [9.17, 15) is 9.18 Å². The van der Waals surface area contributed by atoms with Crippen molar-refractivity contribution in [1.82, 2.24) is 4.57 Å². The van der Waals surface area contributed by atoms with Crippen LogP contribution in [0.3, 0.4) is 0 Å². The summed E-state index contributed by atoms with van der Waals surface area (Å²) < 4.78 is 28.1. The van der Waals surface area contributed by atoms with E-state index in [4.69, 9.17) is 21.1 Å². The molecule has 4 aromatic rings. The number of carbonyl (C=O) groups is 1. The van der Waals surface area contributed by atoms with Crippen molar-refractivity contribution in [3.8, 4) is 5.75 Å². The van der Waals surface area contributed by atoms with E-state index >= 15 is 0 Å². The van der Waals surface area contributed by atoms with E-state index in [0.717, 1.165) is 69.8 Å². The van der Waals surface area contributed by atoms with Crippen LogP contribution < -0.4 is 4.74 Å². The van der Waals surface area contributed by atoms with E-state index < -0.39 is 0 Å².